The Labute approximate surface area is 89.3 Å². The normalized spacial score (nSPS) is 12.7. The quantitative estimate of drug-likeness (QED) is 0.813. The third kappa shape index (κ3) is 2.58. The third-order valence-corrected chi connectivity index (χ3v) is 2.54. The second kappa shape index (κ2) is 4.96. The van der Waals surface area contributed by atoms with Crippen LogP contribution in [-0.2, 0) is 0 Å². The van der Waals surface area contributed by atoms with Crippen LogP contribution in [0.25, 0.3) is 0 Å². The van der Waals surface area contributed by atoms with Crippen molar-refractivity contribution >= 4 is 5.97 Å². The van der Waals surface area contributed by atoms with Gasteiger partial charge in [0.25, 0.3) is 0 Å². The minimum atomic E-state index is -0.952. The topological polar surface area (TPSA) is 63.3 Å². The molecule has 1 rings (SSSR count). The molecule has 0 amide bonds. The van der Waals surface area contributed by atoms with Gasteiger partial charge in [0.1, 0.15) is 5.56 Å². The zero-order chi connectivity index (χ0) is 11.4. The molecule has 0 bridgehead atoms. The molecule has 0 fully saturated rings. The van der Waals surface area contributed by atoms with E-state index >= 15 is 0 Å². The molecule has 1 aromatic rings. The minimum Gasteiger partial charge on any atom is -0.477 e. The Morgan fingerprint density at radius 1 is 1.60 bits per heavy atom. The summed E-state index contributed by atoms with van der Waals surface area (Å²) in [5.41, 5.74) is 0.694. The number of hydrogen-bond acceptors (Lipinski definition) is 3. The molecule has 0 aliphatic carbocycles. The zero-order valence-electron chi connectivity index (χ0n) is 9.41. The molecule has 4 heteroatoms. The van der Waals surface area contributed by atoms with E-state index in [-0.39, 0.29) is 11.5 Å². The Hall–Kier alpha value is -1.32. The Morgan fingerprint density at radius 2 is 2.27 bits per heavy atom. The maximum absolute atomic E-state index is 11.0. The Balaban J connectivity index is 2.88. The van der Waals surface area contributed by atoms with E-state index in [0.717, 1.165) is 19.3 Å². The molecule has 0 radical (unpaired) electrons. The van der Waals surface area contributed by atoms with Crippen molar-refractivity contribution in [2.45, 2.75) is 46.0 Å². The standard InChI is InChI=1S/C11H17NO3/c1-4-5-6-7(2)10-9(11(13)14)8(3)12-15-10/h7H,4-6H2,1-3H3,(H,13,14). The number of unbranched alkanes of at least 4 members (excludes halogenated alkanes) is 1. The molecule has 1 aromatic heterocycles. The maximum atomic E-state index is 11.0. The van der Waals surface area contributed by atoms with E-state index in [2.05, 4.69) is 12.1 Å². The first-order valence-corrected chi connectivity index (χ1v) is 5.27. The lowest BCUT2D eigenvalue weighted by atomic mass is 9.98. The highest BCUT2D eigenvalue weighted by atomic mass is 16.5. The van der Waals surface area contributed by atoms with E-state index in [0.29, 0.717) is 11.5 Å². The molecule has 0 aromatic carbocycles. The highest BCUT2D eigenvalue weighted by Gasteiger charge is 2.23. The lowest BCUT2D eigenvalue weighted by Gasteiger charge is -2.07. The van der Waals surface area contributed by atoms with Crippen molar-refractivity contribution in [2.75, 3.05) is 0 Å². The van der Waals surface area contributed by atoms with Crippen molar-refractivity contribution in [3.63, 3.8) is 0 Å². The molecule has 15 heavy (non-hydrogen) atoms. The summed E-state index contributed by atoms with van der Waals surface area (Å²) in [5, 5.41) is 12.7. The highest BCUT2D eigenvalue weighted by Crippen LogP contribution is 2.26. The van der Waals surface area contributed by atoms with Gasteiger partial charge in [0.15, 0.2) is 5.76 Å². The number of carboxylic acids is 1. The monoisotopic (exact) mass is 211 g/mol. The van der Waals surface area contributed by atoms with Crippen LogP contribution in [-0.4, -0.2) is 16.2 Å². The number of rotatable bonds is 5. The average molecular weight is 211 g/mol. The summed E-state index contributed by atoms with van der Waals surface area (Å²) in [6.07, 6.45) is 3.10. The van der Waals surface area contributed by atoms with Crippen molar-refractivity contribution < 1.29 is 14.4 Å². The first-order valence-electron chi connectivity index (χ1n) is 5.27. The van der Waals surface area contributed by atoms with Crippen LogP contribution >= 0.6 is 0 Å². The van der Waals surface area contributed by atoms with E-state index < -0.39 is 5.97 Å². The second-order valence-corrected chi connectivity index (χ2v) is 3.86. The van der Waals surface area contributed by atoms with Crippen molar-refractivity contribution in [1.82, 2.24) is 5.16 Å². The van der Waals surface area contributed by atoms with Crippen LogP contribution < -0.4 is 0 Å². The fourth-order valence-electron chi connectivity index (χ4n) is 1.63. The average Bonchev–Trinajstić information content (AvgIpc) is 2.56. The van der Waals surface area contributed by atoms with Crippen molar-refractivity contribution in [1.29, 1.82) is 0 Å². The van der Waals surface area contributed by atoms with Gasteiger partial charge in [-0.2, -0.15) is 0 Å². The molecule has 0 saturated carbocycles. The van der Waals surface area contributed by atoms with E-state index in [1.165, 1.54) is 0 Å². The Morgan fingerprint density at radius 3 is 2.80 bits per heavy atom. The van der Waals surface area contributed by atoms with Crippen LogP contribution in [0, 0.1) is 6.92 Å². The molecule has 0 aliphatic heterocycles. The zero-order valence-corrected chi connectivity index (χ0v) is 9.41. The highest BCUT2D eigenvalue weighted by molar-refractivity contribution is 5.90. The second-order valence-electron chi connectivity index (χ2n) is 3.86. The van der Waals surface area contributed by atoms with Crippen LogP contribution in [0.4, 0.5) is 0 Å². The van der Waals surface area contributed by atoms with E-state index in [1.54, 1.807) is 6.92 Å². The predicted octanol–water partition coefficient (Wildman–Crippen LogP) is 2.97. The van der Waals surface area contributed by atoms with Gasteiger partial charge in [-0.3, -0.25) is 0 Å². The van der Waals surface area contributed by atoms with Crippen molar-refractivity contribution in [2.24, 2.45) is 0 Å². The number of aryl methyl sites for hydroxylation is 1. The summed E-state index contributed by atoms with van der Waals surface area (Å²) >= 11 is 0. The molecule has 1 N–H and O–H groups in total. The van der Waals surface area contributed by atoms with Crippen molar-refractivity contribution in [3.05, 3.63) is 17.0 Å². The van der Waals surface area contributed by atoms with Gasteiger partial charge in [-0.25, -0.2) is 4.79 Å². The van der Waals surface area contributed by atoms with Crippen LogP contribution in [0.3, 0.4) is 0 Å². The first kappa shape index (κ1) is 11.8. The molecule has 0 saturated heterocycles. The van der Waals surface area contributed by atoms with Gasteiger partial charge < -0.3 is 9.63 Å². The summed E-state index contributed by atoms with van der Waals surface area (Å²) in [6, 6.07) is 0. The SMILES string of the molecule is CCCCC(C)c1onc(C)c1C(=O)O. The smallest absolute Gasteiger partial charge is 0.341 e. The number of nitrogens with zero attached hydrogens (tertiary/aromatic N) is 1. The number of carbonyl (C=O) groups is 1. The largest absolute Gasteiger partial charge is 0.477 e. The van der Waals surface area contributed by atoms with Crippen LogP contribution in [0.5, 0.6) is 0 Å². The lowest BCUT2D eigenvalue weighted by Crippen LogP contribution is -2.04. The first-order chi connectivity index (χ1) is 7.07. The lowest BCUT2D eigenvalue weighted by molar-refractivity contribution is 0.0693. The maximum Gasteiger partial charge on any atom is 0.341 e. The summed E-state index contributed by atoms with van der Waals surface area (Å²) in [7, 11) is 0. The molecule has 1 atom stereocenters. The molecule has 84 valence electrons. The summed E-state index contributed by atoms with van der Waals surface area (Å²) in [5.74, 6) is -0.321. The van der Waals surface area contributed by atoms with Gasteiger partial charge in [-0.05, 0) is 13.3 Å². The molecule has 1 unspecified atom stereocenters. The molecule has 4 nitrogen and oxygen atoms in total. The summed E-state index contributed by atoms with van der Waals surface area (Å²) < 4.78 is 5.08. The number of aromatic carboxylic acids is 1. The Bertz CT molecular complexity index is 344. The Kier molecular flexibility index (Phi) is 3.88. The van der Waals surface area contributed by atoms with Crippen LogP contribution in [0.2, 0.25) is 0 Å². The van der Waals surface area contributed by atoms with Gasteiger partial charge in [-0.1, -0.05) is 31.8 Å². The van der Waals surface area contributed by atoms with E-state index in [1.807, 2.05) is 6.92 Å². The summed E-state index contributed by atoms with van der Waals surface area (Å²) in [4.78, 5) is 11.0. The summed E-state index contributed by atoms with van der Waals surface area (Å²) in [6.45, 7) is 5.74. The van der Waals surface area contributed by atoms with E-state index in [4.69, 9.17) is 9.63 Å². The van der Waals surface area contributed by atoms with Gasteiger partial charge >= 0.3 is 5.97 Å². The molecule has 1 heterocycles. The van der Waals surface area contributed by atoms with Gasteiger partial charge in [0, 0.05) is 5.92 Å². The molecular formula is C11H17NO3. The molecule has 0 aliphatic rings. The third-order valence-electron chi connectivity index (χ3n) is 2.54. The van der Waals surface area contributed by atoms with Gasteiger partial charge in [0.05, 0.1) is 5.69 Å². The van der Waals surface area contributed by atoms with Gasteiger partial charge in [0.2, 0.25) is 0 Å². The number of carboxylic acid groups (broad SMARTS) is 1. The number of hydrogen-bond donors (Lipinski definition) is 1. The van der Waals surface area contributed by atoms with Crippen LogP contribution in [0.1, 0.15) is 60.8 Å². The predicted molar refractivity (Wildman–Crippen MR) is 56.1 cm³/mol. The molecular weight excluding hydrogens is 194 g/mol. The molecule has 0 spiro atoms. The number of aromatic nitrogens is 1. The van der Waals surface area contributed by atoms with Crippen LogP contribution in [0.15, 0.2) is 4.52 Å². The van der Waals surface area contributed by atoms with Gasteiger partial charge in [-0.15, -0.1) is 0 Å². The fraction of sp³-hybridized carbons (Fsp3) is 0.636. The van der Waals surface area contributed by atoms with Crippen molar-refractivity contribution in [3.8, 4) is 0 Å². The minimum absolute atomic E-state index is 0.122. The fourth-order valence-corrected chi connectivity index (χ4v) is 1.63. The van der Waals surface area contributed by atoms with E-state index in [9.17, 15) is 4.79 Å².